The van der Waals surface area contributed by atoms with E-state index in [0.29, 0.717) is 0 Å². The van der Waals surface area contributed by atoms with Crippen LogP contribution in [0.3, 0.4) is 0 Å². The maximum atomic E-state index is 13.1. The zero-order chi connectivity index (χ0) is 18.1. The van der Waals surface area contributed by atoms with Crippen molar-refractivity contribution in [3.63, 3.8) is 0 Å². The Labute approximate surface area is 157 Å². The van der Waals surface area contributed by atoms with Crippen LogP contribution >= 0.6 is 11.8 Å². The van der Waals surface area contributed by atoms with E-state index < -0.39 is 0 Å². The van der Waals surface area contributed by atoms with Crippen LogP contribution in [0, 0.1) is 6.92 Å². The SMILES string of the molecule is Cc1nc2ccccc2nc1S[C@@H](C)C(=O)N1CCCc2ccccc21. The van der Waals surface area contributed by atoms with E-state index >= 15 is 0 Å². The molecule has 2 heterocycles. The van der Waals surface area contributed by atoms with Gasteiger partial charge < -0.3 is 4.90 Å². The van der Waals surface area contributed by atoms with Gasteiger partial charge in [-0.2, -0.15) is 0 Å². The van der Waals surface area contributed by atoms with Gasteiger partial charge in [-0.05, 0) is 50.5 Å². The summed E-state index contributed by atoms with van der Waals surface area (Å²) in [6.07, 6.45) is 2.05. The molecule has 26 heavy (non-hydrogen) atoms. The Morgan fingerprint density at radius 2 is 1.77 bits per heavy atom. The van der Waals surface area contributed by atoms with Gasteiger partial charge in [0.2, 0.25) is 5.91 Å². The minimum absolute atomic E-state index is 0.136. The van der Waals surface area contributed by atoms with E-state index in [9.17, 15) is 4.79 Å². The first-order valence-corrected chi connectivity index (χ1v) is 9.81. The minimum atomic E-state index is -0.213. The molecule has 2 aromatic carbocycles. The smallest absolute Gasteiger partial charge is 0.240 e. The van der Waals surface area contributed by atoms with E-state index in [1.807, 2.05) is 61.2 Å². The number of hydrogen-bond acceptors (Lipinski definition) is 4. The Balaban J connectivity index is 1.58. The van der Waals surface area contributed by atoms with Crippen LogP contribution in [-0.4, -0.2) is 27.7 Å². The summed E-state index contributed by atoms with van der Waals surface area (Å²) in [5, 5.41) is 0.616. The lowest BCUT2D eigenvalue weighted by Gasteiger charge is -2.31. The van der Waals surface area contributed by atoms with Crippen molar-refractivity contribution in [2.24, 2.45) is 0 Å². The number of rotatable bonds is 3. The van der Waals surface area contributed by atoms with Gasteiger partial charge in [-0.3, -0.25) is 4.79 Å². The summed E-state index contributed by atoms with van der Waals surface area (Å²) < 4.78 is 0. The van der Waals surface area contributed by atoms with Crippen LogP contribution < -0.4 is 4.90 Å². The van der Waals surface area contributed by atoms with Crippen molar-refractivity contribution in [3.05, 3.63) is 59.8 Å². The number of carbonyl (C=O) groups is 1. The molecule has 0 N–H and O–H groups in total. The second-order valence-electron chi connectivity index (χ2n) is 6.59. The molecule has 132 valence electrons. The largest absolute Gasteiger partial charge is 0.311 e. The molecule has 0 fully saturated rings. The summed E-state index contributed by atoms with van der Waals surface area (Å²) in [6.45, 7) is 4.69. The van der Waals surface area contributed by atoms with Gasteiger partial charge in [-0.15, -0.1) is 0 Å². The molecule has 1 aromatic heterocycles. The minimum Gasteiger partial charge on any atom is -0.311 e. The van der Waals surface area contributed by atoms with E-state index in [1.165, 1.54) is 17.3 Å². The fraction of sp³-hybridized carbons (Fsp3) is 0.286. The van der Waals surface area contributed by atoms with Crippen molar-refractivity contribution in [1.29, 1.82) is 0 Å². The molecular weight excluding hydrogens is 342 g/mol. The van der Waals surface area contributed by atoms with Gasteiger partial charge in [0, 0.05) is 12.2 Å². The Morgan fingerprint density at radius 1 is 1.08 bits per heavy atom. The van der Waals surface area contributed by atoms with Crippen molar-refractivity contribution in [2.75, 3.05) is 11.4 Å². The molecule has 0 saturated carbocycles. The molecule has 0 unspecified atom stereocenters. The molecule has 0 spiro atoms. The fourth-order valence-electron chi connectivity index (χ4n) is 3.38. The number of thioether (sulfide) groups is 1. The molecule has 0 saturated heterocycles. The number of amides is 1. The van der Waals surface area contributed by atoms with Crippen LogP contribution in [0.1, 0.15) is 24.6 Å². The van der Waals surface area contributed by atoms with Crippen molar-refractivity contribution in [2.45, 2.75) is 37.0 Å². The summed E-state index contributed by atoms with van der Waals surface area (Å²) in [6, 6.07) is 16.0. The fourth-order valence-corrected chi connectivity index (χ4v) is 4.31. The van der Waals surface area contributed by atoms with Crippen LogP contribution in [0.15, 0.2) is 53.6 Å². The Morgan fingerprint density at radius 3 is 2.58 bits per heavy atom. The third kappa shape index (κ3) is 3.19. The first-order valence-electron chi connectivity index (χ1n) is 8.93. The van der Waals surface area contributed by atoms with Crippen molar-refractivity contribution >= 4 is 34.4 Å². The second-order valence-corrected chi connectivity index (χ2v) is 7.91. The molecule has 0 aliphatic carbocycles. The number of para-hydroxylation sites is 3. The molecule has 0 radical (unpaired) electrons. The predicted octanol–water partition coefficient (Wildman–Crippen LogP) is 4.40. The Kier molecular flexibility index (Phi) is 4.64. The highest BCUT2D eigenvalue weighted by molar-refractivity contribution is 8.00. The highest BCUT2D eigenvalue weighted by Crippen LogP contribution is 2.31. The highest BCUT2D eigenvalue weighted by atomic mass is 32.2. The summed E-state index contributed by atoms with van der Waals surface area (Å²) in [5.41, 5.74) is 4.93. The van der Waals surface area contributed by atoms with Gasteiger partial charge in [0.15, 0.2) is 0 Å². The highest BCUT2D eigenvalue weighted by Gasteiger charge is 2.27. The molecule has 0 bridgehead atoms. The van der Waals surface area contributed by atoms with Gasteiger partial charge in [0.25, 0.3) is 0 Å². The van der Waals surface area contributed by atoms with Gasteiger partial charge in [0.05, 0.1) is 22.0 Å². The van der Waals surface area contributed by atoms with Crippen LogP contribution in [0.25, 0.3) is 11.0 Å². The maximum absolute atomic E-state index is 13.1. The zero-order valence-electron chi connectivity index (χ0n) is 15.0. The number of benzene rings is 2. The van der Waals surface area contributed by atoms with Crippen molar-refractivity contribution < 1.29 is 4.79 Å². The Hall–Kier alpha value is -2.40. The van der Waals surface area contributed by atoms with Crippen LogP contribution in [0.4, 0.5) is 5.69 Å². The zero-order valence-corrected chi connectivity index (χ0v) is 15.8. The summed E-state index contributed by atoms with van der Waals surface area (Å²) >= 11 is 1.50. The van der Waals surface area contributed by atoms with E-state index in [1.54, 1.807) is 0 Å². The quantitative estimate of drug-likeness (QED) is 0.647. The number of hydrogen-bond donors (Lipinski definition) is 0. The van der Waals surface area contributed by atoms with Crippen molar-refractivity contribution in [1.82, 2.24) is 9.97 Å². The molecule has 1 aliphatic heterocycles. The van der Waals surface area contributed by atoms with Gasteiger partial charge in [-0.25, -0.2) is 9.97 Å². The van der Waals surface area contributed by atoms with E-state index in [4.69, 9.17) is 4.98 Å². The lowest BCUT2D eigenvalue weighted by atomic mass is 10.0. The molecule has 4 rings (SSSR count). The third-order valence-electron chi connectivity index (χ3n) is 4.71. The predicted molar refractivity (Wildman–Crippen MR) is 107 cm³/mol. The number of nitrogens with zero attached hydrogens (tertiary/aromatic N) is 3. The molecule has 5 heteroatoms. The normalized spacial score (nSPS) is 14.9. The van der Waals surface area contributed by atoms with Crippen LogP contribution in [0.5, 0.6) is 0 Å². The summed E-state index contributed by atoms with van der Waals surface area (Å²) in [5.74, 6) is 0.136. The second kappa shape index (κ2) is 7.08. The van der Waals surface area contributed by atoms with Crippen molar-refractivity contribution in [3.8, 4) is 0 Å². The van der Waals surface area contributed by atoms with Gasteiger partial charge in [-0.1, -0.05) is 42.1 Å². The standard InChI is InChI=1S/C21H21N3OS/c1-14-20(23-18-11-5-4-10-17(18)22-14)26-15(2)21(25)24-13-7-9-16-8-3-6-12-19(16)24/h3-6,8,10-12,15H,7,9,13H2,1-2H3/t15-/m0/s1. The monoisotopic (exact) mass is 363 g/mol. The first kappa shape index (κ1) is 17.0. The molecule has 1 atom stereocenters. The molecule has 1 amide bonds. The number of aryl methyl sites for hydroxylation is 2. The third-order valence-corrected chi connectivity index (χ3v) is 5.88. The molecule has 4 nitrogen and oxygen atoms in total. The summed E-state index contributed by atoms with van der Waals surface area (Å²) in [4.78, 5) is 24.4. The average Bonchev–Trinajstić information content (AvgIpc) is 2.67. The van der Waals surface area contributed by atoms with Gasteiger partial charge >= 0.3 is 0 Å². The van der Waals surface area contributed by atoms with E-state index in [2.05, 4.69) is 11.1 Å². The lowest BCUT2D eigenvalue weighted by Crippen LogP contribution is -2.40. The van der Waals surface area contributed by atoms with E-state index in [0.717, 1.165) is 46.8 Å². The Bertz CT molecular complexity index is 972. The summed E-state index contributed by atoms with van der Waals surface area (Å²) in [7, 11) is 0. The van der Waals surface area contributed by atoms with Crippen LogP contribution in [-0.2, 0) is 11.2 Å². The maximum Gasteiger partial charge on any atom is 0.240 e. The molecular formula is C21H21N3OS. The topological polar surface area (TPSA) is 46.1 Å². The van der Waals surface area contributed by atoms with Gasteiger partial charge in [0.1, 0.15) is 5.03 Å². The lowest BCUT2D eigenvalue weighted by molar-refractivity contribution is -0.117. The molecule has 3 aromatic rings. The number of anilines is 1. The average molecular weight is 363 g/mol. The first-order chi connectivity index (χ1) is 12.6. The van der Waals surface area contributed by atoms with E-state index in [-0.39, 0.29) is 11.2 Å². The number of carbonyl (C=O) groups excluding carboxylic acids is 1. The molecule has 1 aliphatic rings. The van der Waals surface area contributed by atoms with Crippen LogP contribution in [0.2, 0.25) is 0 Å². The number of aromatic nitrogens is 2. The number of fused-ring (bicyclic) bond motifs is 2.